The van der Waals surface area contributed by atoms with Gasteiger partial charge in [-0.3, -0.25) is 0 Å². The van der Waals surface area contributed by atoms with E-state index in [2.05, 4.69) is 19.2 Å². The molecule has 18 heavy (non-hydrogen) atoms. The Balaban J connectivity index is 0.00000162. The number of nitrogens with one attached hydrogen (secondary N) is 1. The summed E-state index contributed by atoms with van der Waals surface area (Å²) >= 11 is 0. The number of nitrogens with two attached hydrogens (primary N) is 1. The maximum atomic E-state index is 13.8. The maximum Gasteiger partial charge on any atom is 0.151 e. The number of benzene rings is 1. The first-order valence-corrected chi connectivity index (χ1v) is 5.90. The predicted octanol–water partition coefficient (Wildman–Crippen LogP) is 2.39. The molecule has 0 radical (unpaired) electrons. The van der Waals surface area contributed by atoms with Gasteiger partial charge in [-0.25, -0.2) is 4.39 Å². The summed E-state index contributed by atoms with van der Waals surface area (Å²) < 4.78 is 13.8. The first kappa shape index (κ1) is 15.2. The van der Waals surface area contributed by atoms with E-state index in [1.165, 1.54) is 6.07 Å². The van der Waals surface area contributed by atoms with Gasteiger partial charge in [-0.15, -0.1) is 12.4 Å². The zero-order valence-corrected chi connectivity index (χ0v) is 11.4. The van der Waals surface area contributed by atoms with Crippen LogP contribution in [0.2, 0.25) is 0 Å². The molecule has 0 bridgehead atoms. The third kappa shape index (κ3) is 2.94. The van der Waals surface area contributed by atoms with Crippen LogP contribution in [0.1, 0.15) is 38.4 Å². The second kappa shape index (κ2) is 5.43. The van der Waals surface area contributed by atoms with E-state index in [4.69, 9.17) is 5.73 Å². The van der Waals surface area contributed by atoms with Crippen molar-refractivity contribution in [3.63, 3.8) is 0 Å². The molecule has 2 rings (SSSR count). The summed E-state index contributed by atoms with van der Waals surface area (Å²) in [6, 6.07) is 4.64. The van der Waals surface area contributed by atoms with Gasteiger partial charge in [0.25, 0.3) is 0 Å². The van der Waals surface area contributed by atoms with Crippen molar-refractivity contribution in [2.24, 2.45) is 0 Å². The van der Waals surface area contributed by atoms with Crippen molar-refractivity contribution in [1.29, 1.82) is 0 Å². The lowest BCUT2D eigenvalue weighted by Crippen LogP contribution is -2.40. The van der Waals surface area contributed by atoms with E-state index < -0.39 is 11.9 Å². The fraction of sp³-hybridized carbons (Fsp3) is 0.538. The summed E-state index contributed by atoms with van der Waals surface area (Å²) in [7, 11) is 0. The van der Waals surface area contributed by atoms with Gasteiger partial charge in [-0.2, -0.15) is 0 Å². The van der Waals surface area contributed by atoms with E-state index in [9.17, 15) is 9.50 Å². The van der Waals surface area contributed by atoms with E-state index in [1.54, 1.807) is 12.1 Å². The third-order valence-corrected chi connectivity index (χ3v) is 3.41. The standard InChI is InChI=1S/C13H19FN2O.ClH/c1-13(2)7-6-10(16-13)12(17)8-4-3-5-9(15)11(8)14;/h3-5,10,12,16-17H,6-7,15H2,1-2H3;1H/t10-,12-;/m1./s1. The molecule has 1 aliphatic heterocycles. The minimum absolute atomic E-state index is 0. The van der Waals surface area contributed by atoms with Crippen molar-refractivity contribution in [3.05, 3.63) is 29.6 Å². The molecule has 4 N–H and O–H groups in total. The van der Waals surface area contributed by atoms with Gasteiger partial charge >= 0.3 is 0 Å². The lowest BCUT2D eigenvalue weighted by molar-refractivity contribution is 0.128. The summed E-state index contributed by atoms with van der Waals surface area (Å²) in [6.07, 6.45) is 0.960. The predicted molar refractivity (Wildman–Crippen MR) is 73.3 cm³/mol. The van der Waals surface area contributed by atoms with Crippen LogP contribution >= 0.6 is 12.4 Å². The molecule has 1 saturated heterocycles. The first-order valence-electron chi connectivity index (χ1n) is 5.90. The molecule has 0 amide bonds. The van der Waals surface area contributed by atoms with E-state index in [0.717, 1.165) is 12.8 Å². The van der Waals surface area contributed by atoms with Crippen molar-refractivity contribution in [1.82, 2.24) is 5.32 Å². The van der Waals surface area contributed by atoms with Crippen LogP contribution < -0.4 is 11.1 Å². The number of aliphatic hydroxyl groups excluding tert-OH is 1. The average molecular weight is 275 g/mol. The molecule has 1 fully saturated rings. The molecule has 0 saturated carbocycles. The smallest absolute Gasteiger partial charge is 0.151 e. The molecule has 2 atom stereocenters. The van der Waals surface area contributed by atoms with Gasteiger partial charge in [0.05, 0.1) is 11.8 Å². The number of hydrogen-bond acceptors (Lipinski definition) is 3. The summed E-state index contributed by atoms with van der Waals surface area (Å²) in [5.41, 5.74) is 5.87. The summed E-state index contributed by atoms with van der Waals surface area (Å²) in [6.45, 7) is 4.16. The Morgan fingerprint density at radius 1 is 1.50 bits per heavy atom. The molecule has 1 heterocycles. The molecule has 1 aromatic carbocycles. The van der Waals surface area contributed by atoms with Crippen molar-refractivity contribution in [2.75, 3.05) is 5.73 Å². The normalized spacial score (nSPS) is 23.4. The van der Waals surface area contributed by atoms with Crippen molar-refractivity contribution >= 4 is 18.1 Å². The van der Waals surface area contributed by atoms with Crippen molar-refractivity contribution in [3.8, 4) is 0 Å². The Bertz CT molecular complexity index is 425. The Morgan fingerprint density at radius 3 is 2.72 bits per heavy atom. The zero-order valence-electron chi connectivity index (χ0n) is 10.6. The van der Waals surface area contributed by atoms with E-state index in [-0.39, 0.29) is 35.2 Å². The molecule has 1 aliphatic rings. The SMILES string of the molecule is CC1(C)CC[C@H]([C@H](O)c2cccc(N)c2F)N1.Cl. The average Bonchev–Trinajstić information content (AvgIpc) is 2.62. The lowest BCUT2D eigenvalue weighted by atomic mass is 9.99. The van der Waals surface area contributed by atoms with Crippen LogP contribution in [0, 0.1) is 5.82 Å². The monoisotopic (exact) mass is 274 g/mol. The van der Waals surface area contributed by atoms with Crippen LogP contribution in [0.25, 0.3) is 0 Å². The lowest BCUT2D eigenvalue weighted by Gasteiger charge is -2.24. The van der Waals surface area contributed by atoms with E-state index >= 15 is 0 Å². The van der Waals surface area contributed by atoms with Crippen molar-refractivity contribution < 1.29 is 9.50 Å². The summed E-state index contributed by atoms with van der Waals surface area (Å²) in [4.78, 5) is 0. The van der Waals surface area contributed by atoms with Crippen LogP contribution in [0.4, 0.5) is 10.1 Å². The molecule has 1 aromatic rings. The molecule has 0 aromatic heterocycles. The highest BCUT2D eigenvalue weighted by molar-refractivity contribution is 5.85. The maximum absolute atomic E-state index is 13.8. The number of halogens is 2. The zero-order chi connectivity index (χ0) is 12.6. The van der Waals surface area contributed by atoms with Gasteiger partial charge in [0.1, 0.15) is 0 Å². The number of hydrogen-bond donors (Lipinski definition) is 3. The highest BCUT2D eigenvalue weighted by Gasteiger charge is 2.35. The van der Waals surface area contributed by atoms with E-state index in [1.807, 2.05) is 0 Å². The molecule has 5 heteroatoms. The quantitative estimate of drug-likeness (QED) is 0.726. The number of anilines is 1. The Hall–Kier alpha value is -0.840. The highest BCUT2D eigenvalue weighted by Crippen LogP contribution is 2.32. The first-order chi connectivity index (χ1) is 7.91. The Labute approximate surface area is 113 Å². The summed E-state index contributed by atoms with van der Waals surface area (Å²) in [5.74, 6) is -0.508. The summed E-state index contributed by atoms with van der Waals surface area (Å²) in [5, 5.41) is 13.5. The van der Waals surface area contributed by atoms with Gasteiger partial charge < -0.3 is 16.2 Å². The van der Waals surface area contributed by atoms with Crippen LogP contribution in [0.3, 0.4) is 0 Å². The Morgan fingerprint density at radius 2 is 2.17 bits per heavy atom. The van der Waals surface area contributed by atoms with Crippen LogP contribution in [0.5, 0.6) is 0 Å². The molecule has 102 valence electrons. The minimum atomic E-state index is -0.847. The fourth-order valence-electron chi connectivity index (χ4n) is 2.41. The highest BCUT2D eigenvalue weighted by atomic mass is 35.5. The number of rotatable bonds is 2. The molecular formula is C13H20ClFN2O. The van der Waals surface area contributed by atoms with Gasteiger partial charge in [-0.1, -0.05) is 12.1 Å². The molecule has 0 aliphatic carbocycles. The molecule has 0 spiro atoms. The van der Waals surface area contributed by atoms with Crippen LogP contribution in [-0.4, -0.2) is 16.7 Å². The second-order valence-electron chi connectivity index (χ2n) is 5.37. The van der Waals surface area contributed by atoms with Crippen LogP contribution in [0.15, 0.2) is 18.2 Å². The third-order valence-electron chi connectivity index (χ3n) is 3.41. The van der Waals surface area contributed by atoms with E-state index in [0.29, 0.717) is 0 Å². The van der Waals surface area contributed by atoms with Crippen molar-refractivity contribution in [2.45, 2.75) is 44.4 Å². The number of nitrogen functional groups attached to an aromatic ring is 1. The molecule has 0 unspecified atom stereocenters. The molecular weight excluding hydrogens is 255 g/mol. The largest absolute Gasteiger partial charge is 0.396 e. The Kier molecular flexibility index (Phi) is 4.59. The number of aliphatic hydroxyl groups is 1. The van der Waals surface area contributed by atoms with Crippen LogP contribution in [-0.2, 0) is 0 Å². The second-order valence-corrected chi connectivity index (χ2v) is 5.37. The van der Waals surface area contributed by atoms with Gasteiger partial charge in [0.2, 0.25) is 0 Å². The molecule has 3 nitrogen and oxygen atoms in total. The van der Waals surface area contributed by atoms with Gasteiger partial charge in [0.15, 0.2) is 5.82 Å². The van der Waals surface area contributed by atoms with Gasteiger partial charge in [0, 0.05) is 17.1 Å². The fourth-order valence-corrected chi connectivity index (χ4v) is 2.41. The minimum Gasteiger partial charge on any atom is -0.396 e. The van der Waals surface area contributed by atoms with Gasteiger partial charge in [-0.05, 0) is 32.8 Å². The topological polar surface area (TPSA) is 58.3 Å².